The molecule has 0 radical (unpaired) electrons. The number of hydrogen-bond donors (Lipinski definition) is 2. The van der Waals surface area contributed by atoms with Crippen LogP contribution in [0.2, 0.25) is 0 Å². The molecular formula is C18H29N3O2. The van der Waals surface area contributed by atoms with Crippen molar-refractivity contribution in [3.05, 3.63) is 29.8 Å². The molecule has 128 valence electrons. The van der Waals surface area contributed by atoms with Crippen LogP contribution < -0.4 is 15.4 Å². The van der Waals surface area contributed by atoms with Gasteiger partial charge < -0.3 is 20.3 Å². The molecule has 0 bridgehead atoms. The van der Waals surface area contributed by atoms with Crippen LogP contribution >= 0.6 is 0 Å². The zero-order valence-electron chi connectivity index (χ0n) is 14.5. The van der Waals surface area contributed by atoms with Crippen LogP contribution in [-0.2, 0) is 4.79 Å². The van der Waals surface area contributed by atoms with Gasteiger partial charge in [0.2, 0.25) is 5.91 Å². The lowest BCUT2D eigenvalue weighted by molar-refractivity contribution is -0.121. The van der Waals surface area contributed by atoms with Crippen molar-refractivity contribution in [2.75, 3.05) is 40.8 Å². The highest BCUT2D eigenvalue weighted by Crippen LogP contribution is 2.22. The third-order valence-corrected chi connectivity index (χ3v) is 4.54. The molecule has 0 spiro atoms. The molecule has 1 amide bonds. The van der Waals surface area contributed by atoms with Gasteiger partial charge in [-0.2, -0.15) is 0 Å². The Morgan fingerprint density at radius 1 is 1.48 bits per heavy atom. The van der Waals surface area contributed by atoms with E-state index in [0.717, 1.165) is 30.8 Å². The van der Waals surface area contributed by atoms with Crippen LogP contribution in [0.15, 0.2) is 24.3 Å². The van der Waals surface area contributed by atoms with Gasteiger partial charge in [-0.1, -0.05) is 12.1 Å². The second kappa shape index (κ2) is 8.89. The van der Waals surface area contributed by atoms with E-state index in [1.54, 1.807) is 7.11 Å². The number of rotatable bonds is 8. The number of nitrogens with one attached hydrogen (secondary N) is 2. The fourth-order valence-electron chi connectivity index (χ4n) is 3.04. The Bertz CT molecular complexity index is 499. The van der Waals surface area contributed by atoms with Crippen LogP contribution in [0.1, 0.15) is 30.9 Å². The third kappa shape index (κ3) is 5.52. The Balaban J connectivity index is 1.85. The molecule has 5 heteroatoms. The molecule has 2 unspecified atom stereocenters. The van der Waals surface area contributed by atoms with Crippen LogP contribution in [0.4, 0.5) is 0 Å². The fraction of sp³-hybridized carbons (Fsp3) is 0.611. The molecule has 2 atom stereocenters. The molecule has 0 aromatic heterocycles. The zero-order valence-corrected chi connectivity index (χ0v) is 14.5. The molecule has 1 saturated heterocycles. The number of amides is 1. The highest BCUT2D eigenvalue weighted by Gasteiger charge is 2.18. The van der Waals surface area contributed by atoms with Crippen LogP contribution in [0.5, 0.6) is 5.75 Å². The van der Waals surface area contributed by atoms with Gasteiger partial charge in [0.05, 0.1) is 13.2 Å². The standard InChI is InChI=1S/C18H29N3O2/c1-21(2)17(15-5-4-6-16(11-15)23-3)13-20-18(22)8-7-14-9-10-19-12-14/h4-6,11,14,17,19H,7-10,12-13H2,1-3H3,(H,20,22). The molecule has 1 aliphatic rings. The average molecular weight is 319 g/mol. The molecule has 1 aromatic rings. The Labute approximate surface area is 139 Å². The third-order valence-electron chi connectivity index (χ3n) is 4.54. The monoisotopic (exact) mass is 319 g/mol. The number of carbonyl (C=O) groups excluding carboxylic acids is 1. The van der Waals surface area contributed by atoms with Crippen LogP contribution in [0, 0.1) is 5.92 Å². The van der Waals surface area contributed by atoms with Crippen molar-refractivity contribution in [3.8, 4) is 5.75 Å². The van der Waals surface area contributed by atoms with Crippen molar-refractivity contribution in [1.82, 2.24) is 15.5 Å². The van der Waals surface area contributed by atoms with Gasteiger partial charge in [0.25, 0.3) is 0 Å². The van der Waals surface area contributed by atoms with Gasteiger partial charge in [-0.3, -0.25) is 4.79 Å². The van der Waals surface area contributed by atoms with Crippen molar-refractivity contribution in [2.24, 2.45) is 5.92 Å². The van der Waals surface area contributed by atoms with E-state index in [9.17, 15) is 4.79 Å². The van der Waals surface area contributed by atoms with Crippen LogP contribution in [-0.4, -0.2) is 51.6 Å². The summed E-state index contributed by atoms with van der Waals surface area (Å²) < 4.78 is 5.29. The Morgan fingerprint density at radius 2 is 2.30 bits per heavy atom. The summed E-state index contributed by atoms with van der Waals surface area (Å²) in [6.07, 6.45) is 2.78. The average Bonchev–Trinajstić information content (AvgIpc) is 3.06. The molecule has 5 nitrogen and oxygen atoms in total. The first-order valence-electron chi connectivity index (χ1n) is 8.38. The van der Waals surface area contributed by atoms with E-state index in [-0.39, 0.29) is 11.9 Å². The first-order valence-corrected chi connectivity index (χ1v) is 8.38. The minimum atomic E-state index is 0.141. The van der Waals surface area contributed by atoms with Gasteiger partial charge in [0.15, 0.2) is 0 Å². The van der Waals surface area contributed by atoms with E-state index in [4.69, 9.17) is 4.74 Å². The van der Waals surface area contributed by atoms with Gasteiger partial charge in [-0.15, -0.1) is 0 Å². The van der Waals surface area contributed by atoms with Crippen molar-refractivity contribution in [3.63, 3.8) is 0 Å². The van der Waals surface area contributed by atoms with E-state index < -0.39 is 0 Å². The number of benzene rings is 1. The lowest BCUT2D eigenvalue weighted by Crippen LogP contribution is -2.34. The van der Waals surface area contributed by atoms with E-state index in [1.165, 1.54) is 6.42 Å². The minimum absolute atomic E-state index is 0.141. The molecule has 1 aliphatic heterocycles. The van der Waals surface area contributed by atoms with Gasteiger partial charge >= 0.3 is 0 Å². The van der Waals surface area contributed by atoms with Crippen molar-refractivity contribution in [1.29, 1.82) is 0 Å². The molecule has 0 aliphatic carbocycles. The maximum atomic E-state index is 12.1. The lowest BCUT2D eigenvalue weighted by atomic mass is 10.0. The molecule has 1 heterocycles. The van der Waals surface area contributed by atoms with Crippen molar-refractivity contribution >= 4 is 5.91 Å². The van der Waals surface area contributed by atoms with E-state index in [1.807, 2.05) is 32.3 Å². The Hall–Kier alpha value is -1.59. The largest absolute Gasteiger partial charge is 0.497 e. The predicted molar refractivity (Wildman–Crippen MR) is 92.6 cm³/mol. The second-order valence-electron chi connectivity index (χ2n) is 6.46. The van der Waals surface area contributed by atoms with E-state index in [0.29, 0.717) is 18.9 Å². The molecule has 1 fully saturated rings. The molecule has 0 saturated carbocycles. The summed E-state index contributed by atoms with van der Waals surface area (Å²) in [6.45, 7) is 2.75. The maximum absolute atomic E-state index is 12.1. The van der Waals surface area contributed by atoms with Crippen LogP contribution in [0.3, 0.4) is 0 Å². The first kappa shape index (κ1) is 17.8. The maximum Gasteiger partial charge on any atom is 0.220 e. The van der Waals surface area contributed by atoms with E-state index >= 15 is 0 Å². The lowest BCUT2D eigenvalue weighted by Gasteiger charge is -2.25. The highest BCUT2D eigenvalue weighted by molar-refractivity contribution is 5.75. The van der Waals surface area contributed by atoms with E-state index in [2.05, 4.69) is 21.6 Å². The highest BCUT2D eigenvalue weighted by atomic mass is 16.5. The number of nitrogens with zero attached hydrogens (tertiary/aromatic N) is 1. The molecule has 1 aromatic carbocycles. The number of ether oxygens (including phenoxy) is 1. The summed E-state index contributed by atoms with van der Waals surface area (Å²) in [6, 6.07) is 8.16. The molecular weight excluding hydrogens is 290 g/mol. The van der Waals surface area contributed by atoms with Crippen LogP contribution in [0.25, 0.3) is 0 Å². The van der Waals surface area contributed by atoms with Gasteiger partial charge in [0, 0.05) is 13.0 Å². The van der Waals surface area contributed by atoms with Gasteiger partial charge in [0.1, 0.15) is 5.75 Å². The first-order chi connectivity index (χ1) is 11.1. The SMILES string of the molecule is COc1cccc(C(CNC(=O)CCC2CCNC2)N(C)C)c1. The summed E-state index contributed by atoms with van der Waals surface area (Å²) in [5.74, 6) is 1.64. The fourth-order valence-corrected chi connectivity index (χ4v) is 3.04. The van der Waals surface area contributed by atoms with Gasteiger partial charge in [-0.05, 0) is 63.6 Å². The topological polar surface area (TPSA) is 53.6 Å². The number of likely N-dealkylation sites (N-methyl/N-ethyl adjacent to an activating group) is 1. The minimum Gasteiger partial charge on any atom is -0.497 e. The molecule has 23 heavy (non-hydrogen) atoms. The van der Waals surface area contributed by atoms with Gasteiger partial charge in [-0.25, -0.2) is 0 Å². The Kier molecular flexibility index (Phi) is 6.86. The smallest absolute Gasteiger partial charge is 0.220 e. The predicted octanol–water partition coefficient (Wildman–Crippen LogP) is 1.80. The van der Waals surface area contributed by atoms with Crippen molar-refractivity contribution in [2.45, 2.75) is 25.3 Å². The number of carbonyl (C=O) groups is 1. The Morgan fingerprint density at radius 3 is 2.96 bits per heavy atom. The summed E-state index contributed by atoms with van der Waals surface area (Å²) in [5, 5.41) is 6.43. The quantitative estimate of drug-likeness (QED) is 0.767. The summed E-state index contributed by atoms with van der Waals surface area (Å²) in [4.78, 5) is 14.2. The summed E-state index contributed by atoms with van der Waals surface area (Å²) >= 11 is 0. The summed E-state index contributed by atoms with van der Waals surface area (Å²) in [7, 11) is 5.73. The molecule has 2 rings (SSSR count). The number of hydrogen-bond acceptors (Lipinski definition) is 4. The zero-order chi connectivity index (χ0) is 16.7. The van der Waals surface area contributed by atoms with Crippen molar-refractivity contribution < 1.29 is 9.53 Å². The molecule has 2 N–H and O–H groups in total. The number of methoxy groups -OCH3 is 1. The summed E-state index contributed by atoms with van der Waals surface area (Å²) in [5.41, 5.74) is 1.15. The normalized spacial score (nSPS) is 18.9. The second-order valence-corrected chi connectivity index (χ2v) is 6.46.